The molecular weight excluding hydrogens is 482 g/mol. The van der Waals surface area contributed by atoms with Gasteiger partial charge in [0.1, 0.15) is 5.82 Å². The molecule has 4 rings (SSSR count). The average molecular weight is 514 g/mol. The molecule has 0 aliphatic rings. The predicted molar refractivity (Wildman–Crippen MR) is 149 cm³/mol. The lowest BCUT2D eigenvalue weighted by atomic mass is 10.1. The first-order valence-electron chi connectivity index (χ1n) is 12.7. The van der Waals surface area contributed by atoms with Gasteiger partial charge in [0.05, 0.1) is 27.6 Å². The molecule has 1 unspecified atom stereocenters. The van der Waals surface area contributed by atoms with Crippen molar-refractivity contribution in [1.82, 2.24) is 14.5 Å². The fourth-order valence-corrected chi connectivity index (χ4v) is 4.40. The van der Waals surface area contributed by atoms with E-state index in [2.05, 4.69) is 19.2 Å². The molecule has 0 bridgehead atoms. The van der Waals surface area contributed by atoms with Gasteiger partial charge in [-0.05, 0) is 55.2 Å². The number of amides is 2. The molecular formula is C29H31N5O4. The van der Waals surface area contributed by atoms with Crippen molar-refractivity contribution in [3.8, 4) is 5.69 Å². The monoisotopic (exact) mass is 513 g/mol. The number of benzene rings is 3. The maximum absolute atomic E-state index is 13.8. The van der Waals surface area contributed by atoms with Crippen molar-refractivity contribution in [3.63, 3.8) is 0 Å². The van der Waals surface area contributed by atoms with Crippen LogP contribution in [0.3, 0.4) is 0 Å². The molecule has 1 N–H and O–H groups in total. The van der Waals surface area contributed by atoms with Crippen LogP contribution in [-0.2, 0) is 0 Å². The Labute approximate surface area is 220 Å². The second kappa shape index (κ2) is 11.7. The number of urea groups is 1. The van der Waals surface area contributed by atoms with Crippen molar-refractivity contribution < 1.29 is 9.72 Å². The molecule has 196 valence electrons. The van der Waals surface area contributed by atoms with Crippen LogP contribution in [-0.4, -0.2) is 32.0 Å². The summed E-state index contributed by atoms with van der Waals surface area (Å²) < 4.78 is 1.60. The number of aromatic nitrogens is 2. The molecule has 38 heavy (non-hydrogen) atoms. The third-order valence-electron chi connectivity index (χ3n) is 6.41. The highest BCUT2D eigenvalue weighted by Crippen LogP contribution is 2.28. The van der Waals surface area contributed by atoms with Crippen LogP contribution in [0.15, 0.2) is 83.7 Å². The number of hydrogen-bond acceptors (Lipinski definition) is 5. The zero-order valence-corrected chi connectivity index (χ0v) is 21.7. The number of nitrogens with zero attached hydrogens (tertiary/aromatic N) is 4. The summed E-state index contributed by atoms with van der Waals surface area (Å²) in [5.41, 5.74) is 1.42. The molecule has 0 fully saturated rings. The molecule has 0 aliphatic carbocycles. The Hall–Kier alpha value is -4.53. The number of anilines is 1. The Morgan fingerprint density at radius 1 is 1.03 bits per heavy atom. The second-order valence-electron chi connectivity index (χ2n) is 9.50. The van der Waals surface area contributed by atoms with Crippen molar-refractivity contribution in [3.05, 3.63) is 105 Å². The van der Waals surface area contributed by atoms with Crippen molar-refractivity contribution in [1.29, 1.82) is 0 Å². The molecule has 9 heteroatoms. The second-order valence-corrected chi connectivity index (χ2v) is 9.50. The normalized spacial score (nSPS) is 11.9. The lowest BCUT2D eigenvalue weighted by Gasteiger charge is -2.33. The highest BCUT2D eigenvalue weighted by atomic mass is 16.6. The van der Waals surface area contributed by atoms with E-state index >= 15 is 0 Å². The molecule has 3 aromatic carbocycles. The number of non-ortho nitro benzene ring substituents is 1. The summed E-state index contributed by atoms with van der Waals surface area (Å²) in [4.78, 5) is 44.6. The third kappa shape index (κ3) is 5.72. The van der Waals surface area contributed by atoms with Gasteiger partial charge in [0.15, 0.2) is 0 Å². The number of carbonyl (C=O) groups excluding carboxylic acids is 1. The minimum Gasteiger partial charge on any atom is -0.314 e. The Morgan fingerprint density at radius 2 is 1.68 bits per heavy atom. The lowest BCUT2D eigenvalue weighted by Crippen LogP contribution is -2.41. The molecule has 1 aromatic heterocycles. The number of nitro groups is 1. The van der Waals surface area contributed by atoms with E-state index in [1.807, 2.05) is 49.4 Å². The largest absolute Gasteiger partial charge is 0.322 e. The molecule has 2 amide bonds. The van der Waals surface area contributed by atoms with E-state index in [1.54, 1.807) is 21.6 Å². The summed E-state index contributed by atoms with van der Waals surface area (Å²) in [7, 11) is 0. The van der Waals surface area contributed by atoms with Gasteiger partial charge in [-0.15, -0.1) is 0 Å². The molecule has 1 heterocycles. The Balaban J connectivity index is 1.81. The fraction of sp³-hybridized carbons (Fsp3) is 0.276. The summed E-state index contributed by atoms with van der Waals surface area (Å²) in [5.74, 6) is 0.813. The molecule has 0 radical (unpaired) electrons. The van der Waals surface area contributed by atoms with Crippen molar-refractivity contribution in [2.75, 3.05) is 11.9 Å². The molecule has 0 saturated carbocycles. The summed E-state index contributed by atoms with van der Waals surface area (Å²) in [5, 5.41) is 14.4. The van der Waals surface area contributed by atoms with Gasteiger partial charge in [0, 0.05) is 24.4 Å². The Bertz CT molecular complexity index is 1480. The van der Waals surface area contributed by atoms with Crippen LogP contribution >= 0.6 is 0 Å². The first-order chi connectivity index (χ1) is 18.3. The predicted octanol–water partition coefficient (Wildman–Crippen LogP) is 6.33. The Morgan fingerprint density at radius 3 is 2.32 bits per heavy atom. The van der Waals surface area contributed by atoms with Crippen LogP contribution in [0, 0.1) is 16.0 Å². The zero-order valence-electron chi connectivity index (χ0n) is 21.7. The minimum absolute atomic E-state index is 0.0571. The van der Waals surface area contributed by atoms with Crippen molar-refractivity contribution in [2.24, 2.45) is 5.92 Å². The smallest absolute Gasteiger partial charge is 0.314 e. The third-order valence-corrected chi connectivity index (χ3v) is 6.41. The van der Waals surface area contributed by atoms with E-state index in [1.165, 1.54) is 24.3 Å². The van der Waals surface area contributed by atoms with Crippen LogP contribution in [0.25, 0.3) is 16.6 Å². The molecule has 4 aromatic rings. The molecule has 1 atom stereocenters. The van der Waals surface area contributed by atoms with E-state index in [4.69, 9.17) is 4.98 Å². The average Bonchev–Trinajstić information content (AvgIpc) is 2.91. The number of hydrogen-bond donors (Lipinski definition) is 1. The maximum Gasteiger partial charge on any atom is 0.322 e. The first-order valence-corrected chi connectivity index (χ1v) is 12.7. The van der Waals surface area contributed by atoms with Crippen molar-refractivity contribution in [2.45, 2.75) is 39.7 Å². The topological polar surface area (TPSA) is 110 Å². The van der Waals surface area contributed by atoms with Crippen LogP contribution in [0.4, 0.5) is 16.2 Å². The molecule has 0 saturated heterocycles. The fourth-order valence-electron chi connectivity index (χ4n) is 4.40. The summed E-state index contributed by atoms with van der Waals surface area (Å²) >= 11 is 0. The molecule has 0 aliphatic heterocycles. The van der Waals surface area contributed by atoms with Crippen LogP contribution in [0.1, 0.15) is 45.5 Å². The van der Waals surface area contributed by atoms with Gasteiger partial charge in [-0.3, -0.25) is 19.5 Å². The molecule has 0 spiro atoms. The minimum atomic E-state index is -0.510. The Kier molecular flexibility index (Phi) is 8.15. The summed E-state index contributed by atoms with van der Waals surface area (Å²) in [6.07, 6.45) is 1.26. The summed E-state index contributed by atoms with van der Waals surface area (Å²) in [6.45, 7) is 6.57. The van der Waals surface area contributed by atoms with E-state index in [0.717, 1.165) is 6.42 Å². The number of nitro benzene ring substituents is 1. The highest BCUT2D eigenvalue weighted by molar-refractivity contribution is 5.89. The zero-order chi connectivity index (χ0) is 27.2. The SMILES string of the molecule is CCC(c1nc2ccccc2c(=O)n1-c1ccccc1)N(CCC(C)C)C(=O)Nc1ccc([N+](=O)[O-])cc1. The van der Waals surface area contributed by atoms with E-state index < -0.39 is 11.0 Å². The van der Waals surface area contributed by atoms with Crippen LogP contribution in [0.2, 0.25) is 0 Å². The van der Waals surface area contributed by atoms with E-state index in [-0.39, 0.29) is 17.3 Å². The number of carbonyl (C=O) groups is 1. The van der Waals surface area contributed by atoms with Gasteiger partial charge in [-0.1, -0.05) is 51.1 Å². The standard InChI is InChI=1S/C29H31N5O4/c1-4-26(32(19-18-20(2)3)29(36)30-21-14-16-23(17-15-21)34(37)38)27-31-25-13-9-8-12-24(25)28(35)33(27)22-10-6-5-7-11-22/h5-17,20,26H,4,18-19H2,1-3H3,(H,30,36). The highest BCUT2D eigenvalue weighted by Gasteiger charge is 2.29. The van der Waals surface area contributed by atoms with Crippen molar-refractivity contribution >= 4 is 28.3 Å². The van der Waals surface area contributed by atoms with E-state index in [9.17, 15) is 19.7 Å². The lowest BCUT2D eigenvalue weighted by molar-refractivity contribution is -0.384. The van der Waals surface area contributed by atoms with Crippen LogP contribution < -0.4 is 10.9 Å². The quantitative estimate of drug-likeness (QED) is 0.208. The van der Waals surface area contributed by atoms with E-state index in [0.29, 0.717) is 47.0 Å². The van der Waals surface area contributed by atoms with Gasteiger partial charge in [0.25, 0.3) is 11.2 Å². The number of rotatable bonds is 9. The summed E-state index contributed by atoms with van der Waals surface area (Å²) in [6, 6.07) is 21.3. The van der Waals surface area contributed by atoms with Crippen LogP contribution in [0.5, 0.6) is 0 Å². The number of para-hydroxylation sites is 2. The number of fused-ring (bicyclic) bond motifs is 1. The van der Waals surface area contributed by atoms with Gasteiger partial charge < -0.3 is 10.2 Å². The first kappa shape index (κ1) is 26.5. The van der Waals surface area contributed by atoms with Gasteiger partial charge >= 0.3 is 6.03 Å². The number of nitrogens with one attached hydrogen (secondary N) is 1. The van der Waals surface area contributed by atoms with Gasteiger partial charge in [-0.2, -0.15) is 0 Å². The van der Waals surface area contributed by atoms with Gasteiger partial charge in [0.2, 0.25) is 0 Å². The maximum atomic E-state index is 13.8. The molecule has 9 nitrogen and oxygen atoms in total. The van der Waals surface area contributed by atoms with Gasteiger partial charge in [-0.25, -0.2) is 9.78 Å².